The molecule has 0 bridgehead atoms. The van der Waals surface area contributed by atoms with Gasteiger partial charge in [0.1, 0.15) is 0 Å². The zero-order valence-electron chi connectivity index (χ0n) is 17.0. The van der Waals surface area contributed by atoms with Gasteiger partial charge in [0.05, 0.1) is 18.2 Å². The molecule has 3 fully saturated rings. The van der Waals surface area contributed by atoms with Gasteiger partial charge in [0.2, 0.25) is 11.8 Å². The van der Waals surface area contributed by atoms with Gasteiger partial charge in [-0.25, -0.2) is 0 Å². The smallest absolute Gasteiger partial charge is 0.225 e. The lowest BCUT2D eigenvalue weighted by Crippen LogP contribution is -2.51. The number of aryl methyl sites for hydroxylation is 1. The summed E-state index contributed by atoms with van der Waals surface area (Å²) in [5, 5.41) is 7.45. The minimum absolute atomic E-state index is 0.0826. The van der Waals surface area contributed by atoms with Gasteiger partial charge in [0, 0.05) is 44.3 Å². The number of carbonyl (C=O) groups excluding carboxylic acids is 2. The number of amides is 2. The molecule has 1 atom stereocenters. The summed E-state index contributed by atoms with van der Waals surface area (Å²) in [4.78, 5) is 29.4. The number of nitrogens with zero attached hydrogens (tertiary/aromatic N) is 4. The molecule has 28 heavy (non-hydrogen) atoms. The van der Waals surface area contributed by atoms with Gasteiger partial charge < -0.3 is 10.2 Å². The van der Waals surface area contributed by atoms with Crippen LogP contribution in [0.4, 0.5) is 0 Å². The van der Waals surface area contributed by atoms with E-state index in [9.17, 15) is 9.59 Å². The lowest BCUT2D eigenvalue weighted by molar-refractivity contribution is -0.134. The van der Waals surface area contributed by atoms with Crippen LogP contribution in [0.15, 0.2) is 12.3 Å². The number of hydrogen-bond acceptors (Lipinski definition) is 4. The average molecular weight is 388 g/mol. The minimum Gasteiger partial charge on any atom is -0.354 e. The zero-order valence-corrected chi connectivity index (χ0v) is 17.0. The average Bonchev–Trinajstić information content (AvgIpc) is 3.49. The number of likely N-dealkylation sites (tertiary alicyclic amines) is 2. The number of carbonyl (C=O) groups is 2. The largest absolute Gasteiger partial charge is 0.354 e. The summed E-state index contributed by atoms with van der Waals surface area (Å²) in [6, 6.07) is 2.50. The normalized spacial score (nSPS) is 24.3. The van der Waals surface area contributed by atoms with E-state index in [1.165, 1.54) is 0 Å². The molecule has 0 aromatic carbocycles. The Balaban J connectivity index is 1.20. The molecular formula is C21H33N5O2. The maximum atomic E-state index is 12.6. The maximum Gasteiger partial charge on any atom is 0.225 e. The molecule has 1 aliphatic carbocycles. The molecule has 1 aromatic rings. The van der Waals surface area contributed by atoms with Gasteiger partial charge in [-0.3, -0.25) is 19.2 Å². The van der Waals surface area contributed by atoms with Gasteiger partial charge in [0.25, 0.3) is 0 Å². The van der Waals surface area contributed by atoms with Gasteiger partial charge in [-0.15, -0.1) is 0 Å². The molecule has 2 aliphatic heterocycles. The fourth-order valence-corrected chi connectivity index (χ4v) is 4.62. The highest BCUT2D eigenvalue weighted by molar-refractivity contribution is 5.81. The summed E-state index contributed by atoms with van der Waals surface area (Å²) < 4.78 is 1.87. The van der Waals surface area contributed by atoms with E-state index in [1.54, 1.807) is 0 Å². The van der Waals surface area contributed by atoms with Crippen LogP contribution < -0.4 is 5.32 Å². The highest BCUT2D eigenvalue weighted by Gasteiger charge is 2.37. The molecule has 0 spiro atoms. The fourth-order valence-electron chi connectivity index (χ4n) is 4.62. The Morgan fingerprint density at radius 1 is 1.11 bits per heavy atom. The molecular weight excluding hydrogens is 354 g/mol. The van der Waals surface area contributed by atoms with E-state index in [0.717, 1.165) is 70.4 Å². The van der Waals surface area contributed by atoms with Gasteiger partial charge in [-0.1, -0.05) is 0 Å². The summed E-state index contributed by atoms with van der Waals surface area (Å²) in [5.41, 5.74) is 0.999. The van der Waals surface area contributed by atoms with Crippen molar-refractivity contribution in [1.29, 1.82) is 0 Å². The molecule has 0 radical (unpaired) electrons. The van der Waals surface area contributed by atoms with Crippen LogP contribution in [-0.4, -0.2) is 70.2 Å². The van der Waals surface area contributed by atoms with Crippen molar-refractivity contribution < 1.29 is 9.59 Å². The van der Waals surface area contributed by atoms with Crippen molar-refractivity contribution in [2.75, 3.05) is 32.7 Å². The van der Waals surface area contributed by atoms with Crippen LogP contribution in [-0.2, 0) is 16.1 Å². The summed E-state index contributed by atoms with van der Waals surface area (Å²) in [6.45, 7) is 7.01. The Labute approximate surface area is 167 Å². The van der Waals surface area contributed by atoms with Crippen LogP contribution >= 0.6 is 0 Å². The van der Waals surface area contributed by atoms with Gasteiger partial charge in [-0.05, 0) is 58.1 Å². The third kappa shape index (κ3) is 4.74. The summed E-state index contributed by atoms with van der Waals surface area (Å²) in [6.07, 6.45) is 8.27. The van der Waals surface area contributed by atoms with E-state index < -0.39 is 0 Å². The molecule has 4 rings (SSSR count). The SMILES string of the molecule is Cc1ccn(CCNC(=O)[C@H]2CCCN(C3CCN(C(=O)C4CC4)CC3)C2)n1. The standard InChI is InChI=1S/C21H33N5O2/c1-16-6-13-26(23-16)14-9-22-20(27)18-3-2-10-25(15-18)19-7-11-24(12-8-19)21(28)17-4-5-17/h6,13,17-19H,2-5,7-12,14-15H2,1H3,(H,22,27)/t18-/m0/s1. The predicted octanol–water partition coefficient (Wildman–Crippen LogP) is 1.42. The lowest BCUT2D eigenvalue weighted by atomic mass is 9.93. The van der Waals surface area contributed by atoms with Crippen LogP contribution in [0.2, 0.25) is 0 Å². The van der Waals surface area contributed by atoms with Crippen LogP contribution in [0.1, 0.15) is 44.2 Å². The topological polar surface area (TPSA) is 70.5 Å². The second kappa shape index (κ2) is 8.64. The van der Waals surface area contributed by atoms with Crippen molar-refractivity contribution >= 4 is 11.8 Å². The molecule has 154 valence electrons. The first-order valence-electron chi connectivity index (χ1n) is 10.9. The van der Waals surface area contributed by atoms with E-state index in [0.29, 0.717) is 31.0 Å². The molecule has 1 aromatic heterocycles. The van der Waals surface area contributed by atoms with Gasteiger partial charge >= 0.3 is 0 Å². The molecule has 7 heteroatoms. The van der Waals surface area contributed by atoms with E-state index in [2.05, 4.69) is 20.2 Å². The Morgan fingerprint density at radius 3 is 2.57 bits per heavy atom. The molecule has 0 unspecified atom stereocenters. The number of rotatable bonds is 6. The number of nitrogens with one attached hydrogen (secondary N) is 1. The summed E-state index contributed by atoms with van der Waals surface area (Å²) in [5.74, 6) is 0.959. The van der Waals surface area contributed by atoms with Crippen molar-refractivity contribution in [3.8, 4) is 0 Å². The van der Waals surface area contributed by atoms with Crippen LogP contribution in [0.5, 0.6) is 0 Å². The Morgan fingerprint density at radius 2 is 1.89 bits per heavy atom. The molecule has 3 heterocycles. The van der Waals surface area contributed by atoms with Crippen molar-refractivity contribution in [3.05, 3.63) is 18.0 Å². The van der Waals surface area contributed by atoms with Crippen molar-refractivity contribution in [2.45, 2.75) is 58.0 Å². The second-order valence-corrected chi connectivity index (χ2v) is 8.68. The number of hydrogen-bond donors (Lipinski definition) is 1. The zero-order chi connectivity index (χ0) is 19.5. The quantitative estimate of drug-likeness (QED) is 0.801. The molecule has 2 amide bonds. The number of aromatic nitrogens is 2. The number of piperidine rings is 2. The highest BCUT2D eigenvalue weighted by Crippen LogP contribution is 2.32. The fraction of sp³-hybridized carbons (Fsp3) is 0.762. The lowest BCUT2D eigenvalue weighted by Gasteiger charge is -2.42. The van der Waals surface area contributed by atoms with E-state index >= 15 is 0 Å². The first kappa shape index (κ1) is 19.4. The van der Waals surface area contributed by atoms with E-state index in [4.69, 9.17) is 0 Å². The summed E-state index contributed by atoms with van der Waals surface area (Å²) in [7, 11) is 0. The third-order valence-corrected chi connectivity index (χ3v) is 6.46. The van der Waals surface area contributed by atoms with Gasteiger partial charge in [0.15, 0.2) is 0 Å². The van der Waals surface area contributed by atoms with Crippen molar-refractivity contribution in [3.63, 3.8) is 0 Å². The second-order valence-electron chi connectivity index (χ2n) is 8.68. The van der Waals surface area contributed by atoms with Crippen LogP contribution in [0.25, 0.3) is 0 Å². The molecule has 7 nitrogen and oxygen atoms in total. The van der Waals surface area contributed by atoms with Crippen LogP contribution in [0.3, 0.4) is 0 Å². The first-order valence-corrected chi connectivity index (χ1v) is 10.9. The Bertz CT molecular complexity index is 691. The Hall–Kier alpha value is -1.89. The molecule has 1 N–H and O–H groups in total. The monoisotopic (exact) mass is 387 g/mol. The summed E-state index contributed by atoms with van der Waals surface area (Å²) >= 11 is 0. The maximum absolute atomic E-state index is 12.6. The third-order valence-electron chi connectivity index (χ3n) is 6.46. The van der Waals surface area contributed by atoms with Crippen LogP contribution in [0, 0.1) is 18.8 Å². The predicted molar refractivity (Wildman–Crippen MR) is 107 cm³/mol. The highest BCUT2D eigenvalue weighted by atomic mass is 16.2. The molecule has 2 saturated heterocycles. The van der Waals surface area contributed by atoms with Gasteiger partial charge in [-0.2, -0.15) is 5.10 Å². The first-order chi connectivity index (χ1) is 13.6. The minimum atomic E-state index is 0.0826. The molecule has 3 aliphatic rings. The van der Waals surface area contributed by atoms with E-state index in [-0.39, 0.29) is 11.8 Å². The Kier molecular flexibility index (Phi) is 5.99. The van der Waals surface area contributed by atoms with Crippen molar-refractivity contribution in [1.82, 2.24) is 24.9 Å². The van der Waals surface area contributed by atoms with E-state index in [1.807, 2.05) is 23.9 Å². The molecule has 1 saturated carbocycles. The van der Waals surface area contributed by atoms with Crippen molar-refractivity contribution in [2.24, 2.45) is 11.8 Å².